The summed E-state index contributed by atoms with van der Waals surface area (Å²) in [6, 6.07) is 9.36. The number of hydrogen-bond donors (Lipinski definition) is 2. The molecule has 0 bridgehead atoms. The van der Waals surface area contributed by atoms with Gasteiger partial charge in [0.25, 0.3) is 0 Å². The predicted octanol–water partition coefficient (Wildman–Crippen LogP) is 2.55. The van der Waals surface area contributed by atoms with Gasteiger partial charge in [0.15, 0.2) is 5.11 Å². The van der Waals surface area contributed by atoms with E-state index in [4.69, 9.17) is 17.5 Å². The quantitative estimate of drug-likeness (QED) is 0.375. The predicted molar refractivity (Wildman–Crippen MR) is 82.0 cm³/mol. The van der Waals surface area contributed by atoms with Crippen LogP contribution in [0.25, 0.3) is 0 Å². The van der Waals surface area contributed by atoms with E-state index in [0.29, 0.717) is 10.7 Å². The second kappa shape index (κ2) is 8.22. The van der Waals surface area contributed by atoms with Crippen molar-refractivity contribution >= 4 is 23.0 Å². The second-order valence-corrected chi connectivity index (χ2v) is 4.52. The summed E-state index contributed by atoms with van der Waals surface area (Å²) in [6.07, 6.45) is 2.21. The largest absolute Gasteiger partial charge is 0.361 e. The molecular weight excluding hydrogens is 256 g/mol. The SMILES string of the molecule is CCCCNC(=S)NN=C(C)c1ccc(C#N)cc1. The molecule has 1 aromatic carbocycles. The number of thiocarbonyl (C=S) groups is 1. The van der Waals surface area contributed by atoms with Crippen LogP contribution in [0.5, 0.6) is 0 Å². The van der Waals surface area contributed by atoms with Crippen LogP contribution in [0, 0.1) is 11.3 Å². The molecule has 0 aromatic heterocycles. The van der Waals surface area contributed by atoms with E-state index in [1.807, 2.05) is 19.1 Å². The van der Waals surface area contributed by atoms with Crippen LogP contribution in [0.1, 0.15) is 37.8 Å². The summed E-state index contributed by atoms with van der Waals surface area (Å²) >= 11 is 5.10. The fourth-order valence-corrected chi connectivity index (χ4v) is 1.55. The summed E-state index contributed by atoms with van der Waals surface area (Å²) in [7, 11) is 0. The first kappa shape index (κ1) is 15.1. The summed E-state index contributed by atoms with van der Waals surface area (Å²) in [5, 5.41) is 16.5. The van der Waals surface area contributed by atoms with Gasteiger partial charge in [-0.05, 0) is 43.3 Å². The molecule has 19 heavy (non-hydrogen) atoms. The highest BCUT2D eigenvalue weighted by molar-refractivity contribution is 7.80. The first-order valence-corrected chi connectivity index (χ1v) is 6.67. The first-order valence-electron chi connectivity index (χ1n) is 6.26. The Hall–Kier alpha value is -1.93. The topological polar surface area (TPSA) is 60.2 Å². The number of rotatable bonds is 5. The molecule has 0 aliphatic carbocycles. The minimum Gasteiger partial charge on any atom is -0.361 e. The van der Waals surface area contributed by atoms with Gasteiger partial charge in [0, 0.05) is 6.54 Å². The molecule has 1 aromatic rings. The minimum atomic E-state index is 0.529. The smallest absolute Gasteiger partial charge is 0.186 e. The third-order valence-corrected chi connectivity index (χ3v) is 2.81. The maximum Gasteiger partial charge on any atom is 0.186 e. The Labute approximate surface area is 119 Å². The van der Waals surface area contributed by atoms with Crippen LogP contribution in [0.4, 0.5) is 0 Å². The summed E-state index contributed by atoms with van der Waals surface area (Å²) in [5.74, 6) is 0. The molecule has 4 nitrogen and oxygen atoms in total. The minimum absolute atomic E-state index is 0.529. The van der Waals surface area contributed by atoms with Gasteiger partial charge in [-0.2, -0.15) is 10.4 Å². The van der Waals surface area contributed by atoms with Gasteiger partial charge < -0.3 is 5.32 Å². The fraction of sp³-hybridized carbons (Fsp3) is 0.357. The van der Waals surface area contributed by atoms with Gasteiger partial charge in [0.2, 0.25) is 0 Å². The molecule has 0 spiro atoms. The van der Waals surface area contributed by atoms with Crippen molar-refractivity contribution in [2.24, 2.45) is 5.10 Å². The molecular formula is C14H18N4S. The molecule has 5 heteroatoms. The maximum absolute atomic E-state index is 8.73. The highest BCUT2D eigenvalue weighted by Crippen LogP contribution is 2.04. The van der Waals surface area contributed by atoms with Crippen molar-refractivity contribution in [1.82, 2.24) is 10.7 Å². The zero-order chi connectivity index (χ0) is 14.1. The Morgan fingerprint density at radius 1 is 1.37 bits per heavy atom. The van der Waals surface area contributed by atoms with Gasteiger partial charge in [-0.15, -0.1) is 0 Å². The Bertz CT molecular complexity index is 485. The maximum atomic E-state index is 8.73. The van der Waals surface area contributed by atoms with E-state index < -0.39 is 0 Å². The van der Waals surface area contributed by atoms with E-state index in [1.165, 1.54) is 0 Å². The van der Waals surface area contributed by atoms with Crippen LogP contribution in [0.2, 0.25) is 0 Å². The van der Waals surface area contributed by atoms with Crippen molar-refractivity contribution in [3.8, 4) is 6.07 Å². The number of nitrogens with zero attached hydrogens (tertiary/aromatic N) is 2. The van der Waals surface area contributed by atoms with E-state index >= 15 is 0 Å². The van der Waals surface area contributed by atoms with Gasteiger partial charge >= 0.3 is 0 Å². The third-order valence-electron chi connectivity index (χ3n) is 2.57. The van der Waals surface area contributed by atoms with Crippen molar-refractivity contribution < 1.29 is 0 Å². The molecule has 2 N–H and O–H groups in total. The molecule has 0 radical (unpaired) electrons. The van der Waals surface area contributed by atoms with Crippen LogP contribution in [-0.2, 0) is 0 Å². The van der Waals surface area contributed by atoms with Crippen molar-refractivity contribution in [1.29, 1.82) is 5.26 Å². The van der Waals surface area contributed by atoms with E-state index in [2.05, 4.69) is 28.8 Å². The lowest BCUT2D eigenvalue weighted by molar-refractivity contribution is 0.745. The van der Waals surface area contributed by atoms with Gasteiger partial charge in [-0.1, -0.05) is 25.5 Å². The van der Waals surface area contributed by atoms with E-state index in [1.54, 1.807) is 12.1 Å². The molecule has 0 aliphatic rings. The molecule has 0 fully saturated rings. The fourth-order valence-electron chi connectivity index (χ4n) is 1.40. The summed E-state index contributed by atoms with van der Waals surface area (Å²) < 4.78 is 0. The number of hydrazone groups is 1. The number of benzene rings is 1. The second-order valence-electron chi connectivity index (χ2n) is 4.11. The summed E-state index contributed by atoms with van der Waals surface area (Å²) in [6.45, 7) is 4.88. The average Bonchev–Trinajstić information content (AvgIpc) is 2.45. The number of unbranched alkanes of at least 4 members (excludes halogenated alkanes) is 1. The number of nitrogens with one attached hydrogen (secondary N) is 2. The highest BCUT2D eigenvalue weighted by atomic mass is 32.1. The molecule has 0 amide bonds. The van der Waals surface area contributed by atoms with Crippen molar-refractivity contribution in [3.05, 3.63) is 35.4 Å². The average molecular weight is 274 g/mol. The van der Waals surface area contributed by atoms with E-state index in [-0.39, 0.29) is 0 Å². The van der Waals surface area contributed by atoms with Crippen molar-refractivity contribution in [2.45, 2.75) is 26.7 Å². The van der Waals surface area contributed by atoms with E-state index in [0.717, 1.165) is 30.7 Å². The molecule has 1 rings (SSSR count). The lowest BCUT2D eigenvalue weighted by atomic mass is 10.1. The Kier molecular flexibility index (Phi) is 6.55. The molecule has 0 aliphatic heterocycles. The monoisotopic (exact) mass is 274 g/mol. The van der Waals surface area contributed by atoms with Crippen molar-refractivity contribution in [2.75, 3.05) is 6.54 Å². The third kappa shape index (κ3) is 5.49. The molecule has 0 unspecified atom stereocenters. The lowest BCUT2D eigenvalue weighted by Crippen LogP contribution is -2.33. The van der Waals surface area contributed by atoms with Crippen molar-refractivity contribution in [3.63, 3.8) is 0 Å². The standard InChI is InChI=1S/C14H18N4S/c1-3-4-9-16-14(19)18-17-11(2)13-7-5-12(10-15)6-8-13/h5-8H,3-4,9H2,1-2H3,(H2,16,18,19). The van der Waals surface area contributed by atoms with Gasteiger partial charge in [0.05, 0.1) is 17.3 Å². The zero-order valence-electron chi connectivity index (χ0n) is 11.2. The number of hydrogen-bond acceptors (Lipinski definition) is 3. The lowest BCUT2D eigenvalue weighted by Gasteiger charge is -2.07. The molecule has 0 saturated heterocycles. The van der Waals surface area contributed by atoms with Gasteiger partial charge in [0.1, 0.15) is 0 Å². The molecule has 0 heterocycles. The van der Waals surface area contributed by atoms with Crippen LogP contribution in [0.15, 0.2) is 29.4 Å². The highest BCUT2D eigenvalue weighted by Gasteiger charge is 1.98. The summed E-state index contributed by atoms with van der Waals surface area (Å²) in [5.41, 5.74) is 5.24. The van der Waals surface area contributed by atoms with Gasteiger partial charge in [-0.25, -0.2) is 0 Å². The van der Waals surface area contributed by atoms with Crippen LogP contribution in [0.3, 0.4) is 0 Å². The molecule has 0 atom stereocenters. The number of nitriles is 1. The van der Waals surface area contributed by atoms with Gasteiger partial charge in [-0.3, -0.25) is 5.43 Å². The van der Waals surface area contributed by atoms with E-state index in [9.17, 15) is 0 Å². The Morgan fingerprint density at radius 2 is 2.05 bits per heavy atom. The Balaban J connectivity index is 2.52. The van der Waals surface area contributed by atoms with Crippen LogP contribution < -0.4 is 10.7 Å². The van der Waals surface area contributed by atoms with Crippen LogP contribution in [-0.4, -0.2) is 17.4 Å². The normalized spacial score (nSPS) is 10.7. The molecule has 0 saturated carbocycles. The zero-order valence-corrected chi connectivity index (χ0v) is 12.0. The molecule has 100 valence electrons. The first-order chi connectivity index (χ1) is 9.17. The Morgan fingerprint density at radius 3 is 2.63 bits per heavy atom. The van der Waals surface area contributed by atoms with Crippen LogP contribution >= 0.6 is 12.2 Å². The summed E-state index contributed by atoms with van der Waals surface area (Å²) in [4.78, 5) is 0.